The Morgan fingerprint density at radius 3 is 2.56 bits per heavy atom. The first-order valence-electron chi connectivity index (χ1n) is 10.9. The monoisotopic (exact) mass is 502 g/mol. The van der Waals surface area contributed by atoms with Crippen LogP contribution in [0.5, 0.6) is 0 Å². The number of likely N-dealkylation sites (tertiary alicyclic amines) is 2. The van der Waals surface area contributed by atoms with E-state index in [-0.39, 0.29) is 23.5 Å². The summed E-state index contributed by atoms with van der Waals surface area (Å²) in [7, 11) is 0. The molecule has 2 aromatic rings. The van der Waals surface area contributed by atoms with Gasteiger partial charge in [0.15, 0.2) is 0 Å². The summed E-state index contributed by atoms with van der Waals surface area (Å²) >= 11 is 3.44. The first kappa shape index (κ1) is 22.5. The number of carbonyl (C=O) groups excluding carboxylic acids is 3. The highest BCUT2D eigenvalue weighted by Gasteiger charge is 2.36. The van der Waals surface area contributed by atoms with E-state index in [4.69, 9.17) is 4.52 Å². The fourth-order valence-corrected chi connectivity index (χ4v) is 5.13. The Labute approximate surface area is 195 Å². The van der Waals surface area contributed by atoms with Crippen molar-refractivity contribution in [3.63, 3.8) is 0 Å². The fourth-order valence-electron chi connectivity index (χ4n) is 4.77. The maximum absolute atomic E-state index is 13.4. The van der Waals surface area contributed by atoms with Crippen LogP contribution in [0.2, 0.25) is 0 Å². The molecule has 3 atom stereocenters. The number of piperidine rings is 1. The summed E-state index contributed by atoms with van der Waals surface area (Å²) in [5.74, 6) is 0.207. The summed E-state index contributed by atoms with van der Waals surface area (Å²) in [5.41, 5.74) is 0.896. The molecule has 0 radical (unpaired) electrons. The molecule has 2 fully saturated rings. The van der Waals surface area contributed by atoms with Crippen LogP contribution >= 0.6 is 15.9 Å². The van der Waals surface area contributed by atoms with Crippen LogP contribution < -0.4 is 5.32 Å². The van der Waals surface area contributed by atoms with Gasteiger partial charge in [0, 0.05) is 30.2 Å². The lowest BCUT2D eigenvalue weighted by Gasteiger charge is -2.35. The van der Waals surface area contributed by atoms with Crippen LogP contribution in [-0.4, -0.2) is 58.4 Å². The van der Waals surface area contributed by atoms with Gasteiger partial charge < -0.3 is 19.6 Å². The van der Waals surface area contributed by atoms with E-state index in [1.54, 1.807) is 18.2 Å². The van der Waals surface area contributed by atoms with Crippen LogP contribution in [0.3, 0.4) is 0 Å². The van der Waals surface area contributed by atoms with Gasteiger partial charge in [-0.25, -0.2) is 0 Å². The van der Waals surface area contributed by atoms with E-state index in [2.05, 4.69) is 40.3 Å². The van der Waals surface area contributed by atoms with Crippen LogP contribution in [0.25, 0.3) is 0 Å². The molecule has 0 bridgehead atoms. The first-order valence-corrected chi connectivity index (χ1v) is 11.7. The van der Waals surface area contributed by atoms with Gasteiger partial charge in [-0.15, -0.1) is 0 Å². The molecule has 32 heavy (non-hydrogen) atoms. The molecule has 0 saturated carbocycles. The zero-order valence-electron chi connectivity index (χ0n) is 18.2. The van der Waals surface area contributed by atoms with Gasteiger partial charge >= 0.3 is 0 Å². The van der Waals surface area contributed by atoms with Crippen LogP contribution in [0.15, 0.2) is 39.5 Å². The minimum Gasteiger partial charge on any atom is -0.351 e. The third-order valence-corrected chi connectivity index (χ3v) is 6.58. The van der Waals surface area contributed by atoms with Crippen molar-refractivity contribution in [1.82, 2.24) is 15.0 Å². The quantitative estimate of drug-likeness (QED) is 0.685. The van der Waals surface area contributed by atoms with E-state index in [9.17, 15) is 14.4 Å². The van der Waals surface area contributed by atoms with Crippen molar-refractivity contribution in [3.8, 4) is 0 Å². The lowest BCUT2D eigenvalue weighted by atomic mass is 9.91. The summed E-state index contributed by atoms with van der Waals surface area (Å²) < 4.78 is 5.74. The smallest absolute Gasteiger partial charge is 0.293 e. The van der Waals surface area contributed by atoms with Crippen LogP contribution in [0.4, 0.5) is 5.69 Å². The van der Waals surface area contributed by atoms with E-state index in [0.29, 0.717) is 55.6 Å². The second-order valence-electron chi connectivity index (χ2n) is 8.87. The number of rotatable bonds is 4. The summed E-state index contributed by atoms with van der Waals surface area (Å²) in [6, 6.07) is 6.12. The number of hydrogen-bond donors (Lipinski definition) is 1. The van der Waals surface area contributed by atoms with E-state index < -0.39 is 6.04 Å². The standard InChI is InChI=1S/C23H27BrN4O4/c1-14-10-15(2)13-27(12-14)22(30)17-11-16(24)5-6-18(17)26-21(29)19-4-3-9-28(19)23(31)20-7-8-25-32-20/h5-8,11,14-15,19H,3-4,9-10,12-13H2,1-2H3,(H,26,29)/t14-,15+,19-/m0/s1. The molecule has 2 saturated heterocycles. The molecule has 8 nitrogen and oxygen atoms in total. The maximum atomic E-state index is 13.4. The molecule has 2 aliphatic heterocycles. The lowest BCUT2D eigenvalue weighted by Crippen LogP contribution is -2.44. The highest BCUT2D eigenvalue weighted by molar-refractivity contribution is 9.10. The number of halogens is 1. The molecule has 3 amide bonds. The average Bonchev–Trinajstić information content (AvgIpc) is 3.45. The van der Waals surface area contributed by atoms with Crippen molar-refractivity contribution in [2.75, 3.05) is 25.0 Å². The predicted octanol–water partition coefficient (Wildman–Crippen LogP) is 3.80. The minimum absolute atomic E-state index is 0.0963. The molecule has 1 N–H and O–H groups in total. The number of nitrogens with one attached hydrogen (secondary N) is 1. The van der Waals surface area contributed by atoms with Gasteiger partial charge in [-0.1, -0.05) is 34.9 Å². The van der Waals surface area contributed by atoms with Crippen LogP contribution in [0, 0.1) is 11.8 Å². The van der Waals surface area contributed by atoms with Gasteiger partial charge in [-0.05, 0) is 49.3 Å². The predicted molar refractivity (Wildman–Crippen MR) is 122 cm³/mol. The Hall–Kier alpha value is -2.68. The van der Waals surface area contributed by atoms with Crippen molar-refractivity contribution in [2.45, 2.75) is 39.2 Å². The second kappa shape index (κ2) is 9.44. The van der Waals surface area contributed by atoms with Gasteiger partial charge in [0.25, 0.3) is 11.8 Å². The van der Waals surface area contributed by atoms with Crippen molar-refractivity contribution in [1.29, 1.82) is 0 Å². The van der Waals surface area contributed by atoms with E-state index in [0.717, 1.165) is 10.9 Å². The molecule has 0 unspecified atom stereocenters. The molecule has 4 rings (SSSR count). The number of benzene rings is 1. The number of amides is 3. The Kier molecular flexibility index (Phi) is 6.64. The number of anilines is 1. The van der Waals surface area contributed by atoms with Gasteiger partial charge in [-0.3, -0.25) is 14.4 Å². The summed E-state index contributed by atoms with van der Waals surface area (Å²) in [6.07, 6.45) is 3.77. The molecule has 3 heterocycles. The van der Waals surface area contributed by atoms with Crippen molar-refractivity contribution in [3.05, 3.63) is 46.3 Å². The lowest BCUT2D eigenvalue weighted by molar-refractivity contribution is -0.119. The highest BCUT2D eigenvalue weighted by atomic mass is 79.9. The molecule has 1 aromatic heterocycles. The number of aromatic nitrogens is 1. The molecule has 170 valence electrons. The fraction of sp³-hybridized carbons (Fsp3) is 0.478. The molecule has 0 aliphatic carbocycles. The number of carbonyl (C=O) groups is 3. The maximum Gasteiger partial charge on any atom is 0.293 e. The normalized spacial score (nSPS) is 23.3. The Morgan fingerprint density at radius 2 is 1.88 bits per heavy atom. The zero-order valence-corrected chi connectivity index (χ0v) is 19.8. The average molecular weight is 503 g/mol. The first-order chi connectivity index (χ1) is 15.3. The molecular formula is C23H27BrN4O4. The Morgan fingerprint density at radius 1 is 1.12 bits per heavy atom. The summed E-state index contributed by atoms with van der Waals surface area (Å²) in [6.45, 7) is 6.17. The number of hydrogen-bond acceptors (Lipinski definition) is 5. The summed E-state index contributed by atoms with van der Waals surface area (Å²) in [4.78, 5) is 42.6. The van der Waals surface area contributed by atoms with E-state index >= 15 is 0 Å². The third-order valence-electron chi connectivity index (χ3n) is 6.09. The van der Waals surface area contributed by atoms with Gasteiger partial charge in [0.1, 0.15) is 6.04 Å². The molecular weight excluding hydrogens is 476 g/mol. The molecule has 0 spiro atoms. The second-order valence-corrected chi connectivity index (χ2v) is 9.78. The van der Waals surface area contributed by atoms with E-state index in [1.807, 2.05) is 4.90 Å². The molecule has 9 heteroatoms. The molecule has 1 aromatic carbocycles. The van der Waals surface area contributed by atoms with E-state index in [1.165, 1.54) is 17.2 Å². The van der Waals surface area contributed by atoms with Crippen molar-refractivity contribution in [2.24, 2.45) is 11.8 Å². The largest absolute Gasteiger partial charge is 0.351 e. The van der Waals surface area contributed by atoms with Gasteiger partial charge in [0.05, 0.1) is 17.4 Å². The van der Waals surface area contributed by atoms with Crippen LogP contribution in [-0.2, 0) is 4.79 Å². The summed E-state index contributed by atoms with van der Waals surface area (Å²) in [5, 5.41) is 6.48. The highest BCUT2D eigenvalue weighted by Crippen LogP contribution is 2.28. The third kappa shape index (κ3) is 4.72. The van der Waals surface area contributed by atoms with Gasteiger partial charge in [0.2, 0.25) is 11.7 Å². The van der Waals surface area contributed by atoms with Gasteiger partial charge in [-0.2, -0.15) is 0 Å². The van der Waals surface area contributed by atoms with Crippen LogP contribution in [0.1, 0.15) is 54.0 Å². The SMILES string of the molecule is C[C@@H]1C[C@H](C)CN(C(=O)c2cc(Br)ccc2NC(=O)[C@@H]2CCCN2C(=O)c2ccno2)C1. The topological polar surface area (TPSA) is 95.8 Å². The minimum atomic E-state index is -0.630. The Bertz CT molecular complexity index is 999. The Balaban J connectivity index is 1.53. The number of nitrogens with zero attached hydrogens (tertiary/aromatic N) is 3. The van der Waals surface area contributed by atoms with Crippen molar-refractivity contribution < 1.29 is 18.9 Å². The zero-order chi connectivity index (χ0) is 22.8. The molecule has 2 aliphatic rings. The van der Waals surface area contributed by atoms with Crippen molar-refractivity contribution >= 4 is 39.3 Å².